The van der Waals surface area contributed by atoms with Crippen LogP contribution >= 0.6 is 0 Å². The maximum atomic E-state index is 9.05. The SMILES string of the molecule is COc1c(C)cc(NC(C)(C)C#N)c(C)c1C. The number of anilines is 1. The molecule has 0 aromatic heterocycles. The molecule has 1 N–H and O–H groups in total. The summed E-state index contributed by atoms with van der Waals surface area (Å²) in [6.45, 7) is 9.80. The first-order chi connectivity index (χ1) is 7.82. The fraction of sp³-hybridized carbons (Fsp3) is 0.500. The van der Waals surface area contributed by atoms with Gasteiger partial charge in [0.05, 0.1) is 13.2 Å². The number of nitrogens with one attached hydrogen (secondary N) is 1. The van der Waals surface area contributed by atoms with Crippen molar-refractivity contribution < 1.29 is 4.74 Å². The van der Waals surface area contributed by atoms with Gasteiger partial charge in [0.25, 0.3) is 0 Å². The Hall–Kier alpha value is -1.69. The predicted octanol–water partition coefficient (Wildman–Crippen LogP) is 3.33. The number of hydrogen-bond donors (Lipinski definition) is 1. The highest BCUT2D eigenvalue weighted by atomic mass is 16.5. The molecule has 1 aromatic carbocycles. The molecule has 0 aliphatic rings. The maximum absolute atomic E-state index is 9.05. The number of rotatable bonds is 3. The van der Waals surface area contributed by atoms with Crippen molar-refractivity contribution in [3.63, 3.8) is 0 Å². The Balaban J connectivity index is 3.25. The van der Waals surface area contributed by atoms with Crippen LogP contribution in [0.15, 0.2) is 6.07 Å². The Morgan fingerprint density at radius 2 is 1.82 bits per heavy atom. The van der Waals surface area contributed by atoms with Gasteiger partial charge < -0.3 is 10.1 Å². The first-order valence-electron chi connectivity index (χ1n) is 5.66. The first kappa shape index (κ1) is 13.4. The summed E-state index contributed by atoms with van der Waals surface area (Å²) < 4.78 is 5.38. The topological polar surface area (TPSA) is 45.0 Å². The Bertz CT molecular complexity index is 470. The van der Waals surface area contributed by atoms with Gasteiger partial charge in [-0.15, -0.1) is 0 Å². The van der Waals surface area contributed by atoms with Crippen molar-refractivity contribution in [2.75, 3.05) is 12.4 Å². The lowest BCUT2D eigenvalue weighted by Crippen LogP contribution is -2.29. The lowest BCUT2D eigenvalue weighted by atomic mass is 10.00. The van der Waals surface area contributed by atoms with Crippen molar-refractivity contribution >= 4 is 5.69 Å². The van der Waals surface area contributed by atoms with E-state index >= 15 is 0 Å². The van der Waals surface area contributed by atoms with E-state index in [2.05, 4.69) is 11.4 Å². The summed E-state index contributed by atoms with van der Waals surface area (Å²) in [6, 6.07) is 4.27. The van der Waals surface area contributed by atoms with E-state index in [-0.39, 0.29) is 0 Å². The second-order valence-corrected chi connectivity index (χ2v) is 4.89. The van der Waals surface area contributed by atoms with Gasteiger partial charge in [-0.3, -0.25) is 0 Å². The van der Waals surface area contributed by atoms with E-state index in [1.165, 1.54) is 0 Å². The molecule has 0 saturated carbocycles. The third-order valence-electron chi connectivity index (χ3n) is 2.96. The zero-order valence-electron chi connectivity index (χ0n) is 11.4. The number of ether oxygens (including phenoxy) is 1. The lowest BCUT2D eigenvalue weighted by molar-refractivity contribution is 0.408. The molecule has 0 radical (unpaired) electrons. The molecule has 1 rings (SSSR count). The van der Waals surface area contributed by atoms with Crippen molar-refractivity contribution in [3.05, 3.63) is 22.8 Å². The standard InChI is InChI=1S/C14H20N2O/c1-9-7-12(16-14(4,5)8-15)10(2)11(3)13(9)17-6/h7,16H,1-6H3. The van der Waals surface area contributed by atoms with Crippen LogP contribution in [0.1, 0.15) is 30.5 Å². The normalized spacial score (nSPS) is 10.9. The van der Waals surface area contributed by atoms with E-state index in [9.17, 15) is 0 Å². The number of nitriles is 1. The average molecular weight is 232 g/mol. The number of hydrogen-bond acceptors (Lipinski definition) is 3. The minimum Gasteiger partial charge on any atom is -0.496 e. The van der Waals surface area contributed by atoms with Crippen LogP contribution in [0.2, 0.25) is 0 Å². The summed E-state index contributed by atoms with van der Waals surface area (Å²) >= 11 is 0. The van der Waals surface area contributed by atoms with E-state index in [4.69, 9.17) is 10.00 Å². The largest absolute Gasteiger partial charge is 0.496 e. The van der Waals surface area contributed by atoms with Gasteiger partial charge in [-0.1, -0.05) is 0 Å². The average Bonchev–Trinajstić information content (AvgIpc) is 2.26. The van der Waals surface area contributed by atoms with E-state index in [0.717, 1.165) is 28.1 Å². The van der Waals surface area contributed by atoms with Crippen LogP contribution in [0, 0.1) is 32.1 Å². The molecule has 3 heteroatoms. The smallest absolute Gasteiger partial charge is 0.125 e. The third-order valence-corrected chi connectivity index (χ3v) is 2.96. The van der Waals surface area contributed by atoms with Crippen LogP contribution in [0.4, 0.5) is 5.69 Å². The van der Waals surface area contributed by atoms with Gasteiger partial charge in [0.15, 0.2) is 0 Å². The summed E-state index contributed by atoms with van der Waals surface area (Å²) in [5.41, 5.74) is 3.73. The molecule has 0 atom stereocenters. The second-order valence-electron chi connectivity index (χ2n) is 4.89. The van der Waals surface area contributed by atoms with Gasteiger partial charge in [-0.2, -0.15) is 5.26 Å². The van der Waals surface area contributed by atoms with Crippen LogP contribution in [0.3, 0.4) is 0 Å². The molecule has 0 fully saturated rings. The number of benzene rings is 1. The summed E-state index contributed by atoms with van der Waals surface area (Å²) in [5.74, 6) is 0.919. The Morgan fingerprint density at radius 3 is 2.29 bits per heavy atom. The van der Waals surface area contributed by atoms with E-state index in [1.54, 1.807) is 7.11 Å². The van der Waals surface area contributed by atoms with E-state index in [0.29, 0.717) is 0 Å². The van der Waals surface area contributed by atoms with Crippen molar-refractivity contribution in [1.82, 2.24) is 0 Å². The third kappa shape index (κ3) is 2.71. The summed E-state index contributed by atoms with van der Waals surface area (Å²) in [7, 11) is 1.68. The molecule has 17 heavy (non-hydrogen) atoms. The van der Waals surface area contributed by atoms with E-state index < -0.39 is 5.54 Å². The highest BCUT2D eigenvalue weighted by Gasteiger charge is 2.19. The van der Waals surface area contributed by atoms with Gasteiger partial charge >= 0.3 is 0 Å². The zero-order valence-corrected chi connectivity index (χ0v) is 11.4. The van der Waals surface area contributed by atoms with E-state index in [1.807, 2.05) is 40.7 Å². The molecule has 0 unspecified atom stereocenters. The molecule has 0 amide bonds. The monoisotopic (exact) mass is 232 g/mol. The van der Waals surface area contributed by atoms with Crippen molar-refractivity contribution in [3.8, 4) is 11.8 Å². The van der Waals surface area contributed by atoms with Gasteiger partial charge in [0.2, 0.25) is 0 Å². The Morgan fingerprint density at radius 1 is 1.24 bits per heavy atom. The molecule has 0 aliphatic heterocycles. The maximum Gasteiger partial charge on any atom is 0.125 e. The van der Waals surface area contributed by atoms with Crippen LogP contribution < -0.4 is 10.1 Å². The summed E-state index contributed by atoms with van der Waals surface area (Å²) in [5, 5.41) is 12.3. The van der Waals surface area contributed by atoms with Crippen LogP contribution in [-0.4, -0.2) is 12.6 Å². The zero-order chi connectivity index (χ0) is 13.2. The molecule has 92 valence electrons. The Labute approximate surface area is 103 Å². The molecule has 0 heterocycles. The number of aryl methyl sites for hydroxylation is 1. The molecule has 3 nitrogen and oxygen atoms in total. The number of nitrogens with zero attached hydrogens (tertiary/aromatic N) is 1. The van der Waals surface area contributed by atoms with Crippen LogP contribution in [0.25, 0.3) is 0 Å². The molecule has 0 spiro atoms. The quantitative estimate of drug-likeness (QED) is 0.869. The number of methoxy groups -OCH3 is 1. The second kappa shape index (κ2) is 4.67. The van der Waals surface area contributed by atoms with Crippen LogP contribution in [-0.2, 0) is 0 Å². The minimum atomic E-state index is -0.571. The summed E-state index contributed by atoms with van der Waals surface area (Å²) in [4.78, 5) is 0. The van der Waals surface area contributed by atoms with Gasteiger partial charge in [0.1, 0.15) is 11.3 Å². The Kier molecular flexibility index (Phi) is 3.67. The molecule has 0 aliphatic carbocycles. The molecule has 0 bridgehead atoms. The minimum absolute atomic E-state index is 0.571. The highest BCUT2D eigenvalue weighted by Crippen LogP contribution is 2.32. The van der Waals surface area contributed by atoms with Crippen molar-refractivity contribution in [2.45, 2.75) is 40.2 Å². The molecular weight excluding hydrogens is 212 g/mol. The first-order valence-corrected chi connectivity index (χ1v) is 5.66. The molecule has 1 aromatic rings. The van der Waals surface area contributed by atoms with Gasteiger partial charge in [-0.25, -0.2) is 0 Å². The molecular formula is C14H20N2O. The van der Waals surface area contributed by atoms with Crippen LogP contribution in [0.5, 0.6) is 5.75 Å². The molecule has 0 saturated heterocycles. The fourth-order valence-corrected chi connectivity index (χ4v) is 1.87. The van der Waals surface area contributed by atoms with Crippen molar-refractivity contribution in [1.29, 1.82) is 5.26 Å². The van der Waals surface area contributed by atoms with Gasteiger partial charge in [0, 0.05) is 5.69 Å². The highest BCUT2D eigenvalue weighted by molar-refractivity contribution is 5.63. The summed E-state index contributed by atoms with van der Waals surface area (Å²) in [6.07, 6.45) is 0. The van der Waals surface area contributed by atoms with Crippen molar-refractivity contribution in [2.24, 2.45) is 0 Å². The fourth-order valence-electron chi connectivity index (χ4n) is 1.87. The lowest BCUT2D eigenvalue weighted by Gasteiger charge is -2.23. The van der Waals surface area contributed by atoms with Gasteiger partial charge in [-0.05, 0) is 57.4 Å². The predicted molar refractivity (Wildman–Crippen MR) is 70.5 cm³/mol.